The highest BCUT2D eigenvalue weighted by atomic mass is 79.9. The van der Waals surface area contributed by atoms with Crippen molar-refractivity contribution in [2.24, 2.45) is 0 Å². The summed E-state index contributed by atoms with van der Waals surface area (Å²) in [7, 11) is 0. The van der Waals surface area contributed by atoms with Crippen molar-refractivity contribution in [1.29, 1.82) is 0 Å². The third-order valence-corrected chi connectivity index (χ3v) is 4.10. The highest BCUT2D eigenvalue weighted by Gasteiger charge is 2.38. The summed E-state index contributed by atoms with van der Waals surface area (Å²) >= 11 is 3.66. The molecule has 0 aliphatic carbocycles. The van der Waals surface area contributed by atoms with Crippen molar-refractivity contribution >= 4 is 21.6 Å². The van der Waals surface area contributed by atoms with E-state index in [2.05, 4.69) is 78.1 Å². The molecule has 1 N–H and O–H groups in total. The van der Waals surface area contributed by atoms with Crippen LogP contribution in [0.15, 0.2) is 28.7 Å². The number of hydrogen-bond donors (Lipinski definition) is 1. The first kappa shape index (κ1) is 12.9. The molecule has 1 aliphatic heterocycles. The molecule has 1 aliphatic rings. The third-order valence-electron chi connectivity index (χ3n) is 3.43. The van der Waals surface area contributed by atoms with Crippen molar-refractivity contribution in [3.8, 4) is 0 Å². The van der Waals surface area contributed by atoms with Gasteiger partial charge in [0, 0.05) is 28.6 Å². The van der Waals surface area contributed by atoms with Crippen LogP contribution in [0.3, 0.4) is 0 Å². The second-order valence-electron chi connectivity index (χ2n) is 6.09. The van der Waals surface area contributed by atoms with E-state index in [1.54, 1.807) is 0 Å². The lowest BCUT2D eigenvalue weighted by molar-refractivity contribution is 0.260. The molecule has 1 aromatic rings. The summed E-state index contributed by atoms with van der Waals surface area (Å²) in [6.07, 6.45) is 0. The van der Waals surface area contributed by atoms with Crippen LogP contribution in [0.25, 0.3) is 0 Å². The molecule has 1 saturated heterocycles. The van der Waals surface area contributed by atoms with Crippen molar-refractivity contribution in [3.05, 3.63) is 28.7 Å². The molecule has 0 bridgehead atoms. The quantitative estimate of drug-likeness (QED) is 0.854. The Morgan fingerprint density at radius 3 is 2.47 bits per heavy atom. The van der Waals surface area contributed by atoms with Crippen LogP contribution in [0.4, 0.5) is 5.69 Å². The van der Waals surface area contributed by atoms with E-state index in [1.165, 1.54) is 10.2 Å². The third kappa shape index (κ3) is 2.66. The standard InChI is InChI=1S/C14H21BrN2/c1-13(2)10-17(14(3,4)9-16-13)12-8-6-5-7-11(12)15/h5-8,16H,9-10H2,1-4H3. The van der Waals surface area contributed by atoms with Crippen LogP contribution in [0.2, 0.25) is 0 Å². The normalized spacial score (nSPS) is 22.5. The first-order chi connectivity index (χ1) is 7.82. The fourth-order valence-corrected chi connectivity index (χ4v) is 2.80. The van der Waals surface area contributed by atoms with Crippen molar-refractivity contribution in [2.75, 3.05) is 18.0 Å². The summed E-state index contributed by atoms with van der Waals surface area (Å²) in [6, 6.07) is 8.47. The van der Waals surface area contributed by atoms with Crippen LogP contribution < -0.4 is 10.2 Å². The molecule has 2 nitrogen and oxygen atoms in total. The van der Waals surface area contributed by atoms with E-state index in [1.807, 2.05) is 0 Å². The second kappa shape index (κ2) is 4.29. The van der Waals surface area contributed by atoms with E-state index in [4.69, 9.17) is 0 Å². The SMILES string of the molecule is CC1(C)CN(c2ccccc2Br)C(C)(C)CN1. The molecule has 0 amide bonds. The maximum absolute atomic E-state index is 3.66. The fourth-order valence-electron chi connectivity index (χ4n) is 2.30. The summed E-state index contributed by atoms with van der Waals surface area (Å²) < 4.78 is 1.17. The summed E-state index contributed by atoms with van der Waals surface area (Å²) in [4.78, 5) is 2.49. The number of anilines is 1. The number of para-hydroxylation sites is 1. The van der Waals surface area contributed by atoms with Gasteiger partial charge in [0.05, 0.1) is 5.69 Å². The molecule has 0 atom stereocenters. The average Bonchev–Trinajstić information content (AvgIpc) is 2.23. The Hall–Kier alpha value is -0.540. The molecule has 2 rings (SSSR count). The molecular formula is C14H21BrN2. The molecule has 0 saturated carbocycles. The first-order valence-electron chi connectivity index (χ1n) is 6.09. The largest absolute Gasteiger partial charge is 0.362 e. The number of piperazine rings is 1. The van der Waals surface area contributed by atoms with Crippen LogP contribution in [-0.2, 0) is 0 Å². The average molecular weight is 297 g/mol. The van der Waals surface area contributed by atoms with Gasteiger partial charge in [0.15, 0.2) is 0 Å². The summed E-state index contributed by atoms with van der Waals surface area (Å²) in [5, 5.41) is 3.61. The number of nitrogens with one attached hydrogen (secondary N) is 1. The van der Waals surface area contributed by atoms with Gasteiger partial charge in [0.2, 0.25) is 0 Å². The number of nitrogens with zero attached hydrogens (tertiary/aromatic N) is 1. The number of benzene rings is 1. The minimum Gasteiger partial charge on any atom is -0.362 e. The molecular weight excluding hydrogens is 276 g/mol. The number of rotatable bonds is 1. The van der Waals surface area contributed by atoms with Gasteiger partial charge in [-0.25, -0.2) is 0 Å². The van der Waals surface area contributed by atoms with E-state index < -0.39 is 0 Å². The molecule has 0 aromatic heterocycles. The Morgan fingerprint density at radius 2 is 1.82 bits per heavy atom. The molecule has 0 unspecified atom stereocenters. The molecule has 3 heteroatoms. The monoisotopic (exact) mass is 296 g/mol. The van der Waals surface area contributed by atoms with Crippen LogP contribution in [0.5, 0.6) is 0 Å². The van der Waals surface area contributed by atoms with Crippen LogP contribution in [-0.4, -0.2) is 24.2 Å². The number of halogens is 1. The molecule has 1 aromatic carbocycles. The fraction of sp³-hybridized carbons (Fsp3) is 0.571. The maximum Gasteiger partial charge on any atom is 0.0516 e. The Morgan fingerprint density at radius 1 is 1.18 bits per heavy atom. The van der Waals surface area contributed by atoms with Gasteiger partial charge in [0.1, 0.15) is 0 Å². The van der Waals surface area contributed by atoms with Gasteiger partial charge in [-0.05, 0) is 55.8 Å². The minimum atomic E-state index is 0.138. The molecule has 1 fully saturated rings. The van der Waals surface area contributed by atoms with Gasteiger partial charge in [-0.2, -0.15) is 0 Å². The van der Waals surface area contributed by atoms with Crippen LogP contribution >= 0.6 is 15.9 Å². The van der Waals surface area contributed by atoms with Gasteiger partial charge in [-0.3, -0.25) is 0 Å². The van der Waals surface area contributed by atoms with Gasteiger partial charge in [0.25, 0.3) is 0 Å². The lowest BCUT2D eigenvalue weighted by Crippen LogP contribution is -2.66. The smallest absolute Gasteiger partial charge is 0.0516 e. The van der Waals surface area contributed by atoms with Gasteiger partial charge in [-0.15, -0.1) is 0 Å². The second-order valence-corrected chi connectivity index (χ2v) is 6.94. The topological polar surface area (TPSA) is 15.3 Å². The molecule has 0 radical (unpaired) electrons. The van der Waals surface area contributed by atoms with Crippen molar-refractivity contribution in [1.82, 2.24) is 5.32 Å². The zero-order chi connectivity index (χ0) is 12.7. The molecule has 0 spiro atoms. The zero-order valence-electron chi connectivity index (χ0n) is 11.0. The Labute approximate surface area is 113 Å². The van der Waals surface area contributed by atoms with Crippen molar-refractivity contribution < 1.29 is 0 Å². The van der Waals surface area contributed by atoms with E-state index >= 15 is 0 Å². The Kier molecular flexibility index (Phi) is 3.25. The van der Waals surface area contributed by atoms with E-state index in [9.17, 15) is 0 Å². The van der Waals surface area contributed by atoms with Crippen molar-refractivity contribution in [2.45, 2.75) is 38.8 Å². The summed E-state index contributed by atoms with van der Waals surface area (Å²) in [6.45, 7) is 11.1. The predicted octanol–water partition coefficient (Wildman–Crippen LogP) is 3.42. The van der Waals surface area contributed by atoms with Gasteiger partial charge < -0.3 is 10.2 Å². The highest BCUT2D eigenvalue weighted by molar-refractivity contribution is 9.10. The zero-order valence-corrected chi connectivity index (χ0v) is 12.6. The van der Waals surface area contributed by atoms with Crippen molar-refractivity contribution in [3.63, 3.8) is 0 Å². The highest BCUT2D eigenvalue weighted by Crippen LogP contribution is 2.34. The molecule has 17 heavy (non-hydrogen) atoms. The Balaban J connectivity index is 2.38. The minimum absolute atomic E-state index is 0.138. The van der Waals surface area contributed by atoms with E-state index in [0.29, 0.717) is 0 Å². The van der Waals surface area contributed by atoms with Crippen LogP contribution in [0.1, 0.15) is 27.7 Å². The van der Waals surface area contributed by atoms with Gasteiger partial charge >= 0.3 is 0 Å². The summed E-state index contributed by atoms with van der Waals surface area (Å²) in [5.74, 6) is 0. The summed E-state index contributed by atoms with van der Waals surface area (Å²) in [5.41, 5.74) is 1.58. The Bertz CT molecular complexity index is 412. The lowest BCUT2D eigenvalue weighted by Gasteiger charge is -2.51. The molecule has 94 valence electrons. The first-order valence-corrected chi connectivity index (χ1v) is 6.88. The van der Waals surface area contributed by atoms with E-state index in [0.717, 1.165) is 13.1 Å². The van der Waals surface area contributed by atoms with Crippen LogP contribution in [0, 0.1) is 0 Å². The van der Waals surface area contributed by atoms with E-state index in [-0.39, 0.29) is 11.1 Å². The molecule has 1 heterocycles. The predicted molar refractivity (Wildman–Crippen MR) is 77.6 cm³/mol. The maximum atomic E-state index is 3.66. The number of hydrogen-bond acceptors (Lipinski definition) is 2. The lowest BCUT2D eigenvalue weighted by atomic mass is 9.91. The van der Waals surface area contributed by atoms with Gasteiger partial charge in [-0.1, -0.05) is 12.1 Å².